The predicted molar refractivity (Wildman–Crippen MR) is 56.6 cm³/mol. The van der Waals surface area contributed by atoms with E-state index in [4.69, 9.17) is 5.73 Å². The van der Waals surface area contributed by atoms with Crippen LogP contribution in [0.1, 0.15) is 12.2 Å². The van der Waals surface area contributed by atoms with Crippen molar-refractivity contribution in [2.75, 3.05) is 24.2 Å². The van der Waals surface area contributed by atoms with E-state index >= 15 is 0 Å². The quantitative estimate of drug-likeness (QED) is 0.591. The van der Waals surface area contributed by atoms with Gasteiger partial charge in [-0.1, -0.05) is 0 Å². The fraction of sp³-hybridized carbons (Fsp3) is 0.571. The smallest absolute Gasteiger partial charge is 0.241 e. The fourth-order valence-electron chi connectivity index (χ4n) is 1.31. The SMILES string of the molecule is CN(CCCc1nnn[nH]1)c1nc(N)n[nH]1. The molecule has 0 amide bonds. The number of hydrogen-bond acceptors (Lipinski definition) is 7. The van der Waals surface area contributed by atoms with Gasteiger partial charge in [-0.05, 0) is 16.8 Å². The third-order valence-electron chi connectivity index (χ3n) is 2.15. The van der Waals surface area contributed by atoms with Crippen LogP contribution in [0.5, 0.6) is 0 Å². The lowest BCUT2D eigenvalue weighted by molar-refractivity contribution is 0.740. The summed E-state index contributed by atoms with van der Waals surface area (Å²) < 4.78 is 0. The number of nitrogens with zero attached hydrogens (tertiary/aromatic N) is 6. The number of aromatic nitrogens is 7. The summed E-state index contributed by atoms with van der Waals surface area (Å²) in [4.78, 5) is 5.95. The van der Waals surface area contributed by atoms with Gasteiger partial charge in [0.2, 0.25) is 11.9 Å². The van der Waals surface area contributed by atoms with Crippen molar-refractivity contribution in [1.29, 1.82) is 0 Å². The van der Waals surface area contributed by atoms with E-state index in [-0.39, 0.29) is 5.95 Å². The van der Waals surface area contributed by atoms with Crippen LogP contribution in [0, 0.1) is 0 Å². The fourth-order valence-corrected chi connectivity index (χ4v) is 1.31. The van der Waals surface area contributed by atoms with Gasteiger partial charge in [0.1, 0.15) is 5.82 Å². The van der Waals surface area contributed by atoms with Crippen LogP contribution in [0.3, 0.4) is 0 Å². The van der Waals surface area contributed by atoms with E-state index < -0.39 is 0 Å². The lowest BCUT2D eigenvalue weighted by Crippen LogP contribution is -2.20. The van der Waals surface area contributed by atoms with Crippen molar-refractivity contribution in [3.8, 4) is 0 Å². The molecule has 0 unspecified atom stereocenters. The normalized spacial score (nSPS) is 10.6. The molecule has 0 fully saturated rings. The highest BCUT2D eigenvalue weighted by Gasteiger charge is 2.06. The zero-order valence-corrected chi connectivity index (χ0v) is 8.88. The van der Waals surface area contributed by atoms with Gasteiger partial charge in [0.25, 0.3) is 0 Å². The number of aryl methyl sites for hydroxylation is 1. The van der Waals surface area contributed by atoms with Gasteiger partial charge in [-0.3, -0.25) is 0 Å². The van der Waals surface area contributed by atoms with Crippen molar-refractivity contribution in [1.82, 2.24) is 35.8 Å². The summed E-state index contributed by atoms with van der Waals surface area (Å²) in [7, 11) is 1.92. The maximum atomic E-state index is 5.41. The van der Waals surface area contributed by atoms with Crippen LogP contribution in [-0.2, 0) is 6.42 Å². The zero-order chi connectivity index (χ0) is 11.4. The van der Waals surface area contributed by atoms with E-state index in [1.807, 2.05) is 11.9 Å². The lowest BCUT2D eigenvalue weighted by atomic mass is 10.3. The first-order valence-corrected chi connectivity index (χ1v) is 4.87. The average molecular weight is 223 g/mol. The number of nitrogen functional groups attached to an aromatic ring is 1. The summed E-state index contributed by atoms with van der Waals surface area (Å²) in [6.07, 6.45) is 1.70. The zero-order valence-electron chi connectivity index (χ0n) is 8.88. The van der Waals surface area contributed by atoms with Crippen molar-refractivity contribution < 1.29 is 0 Å². The number of nitrogens with two attached hydrogens (primary N) is 1. The molecular weight excluding hydrogens is 210 g/mol. The van der Waals surface area contributed by atoms with Crippen molar-refractivity contribution in [2.24, 2.45) is 0 Å². The molecule has 4 N–H and O–H groups in total. The van der Waals surface area contributed by atoms with Gasteiger partial charge in [-0.25, -0.2) is 10.2 Å². The maximum Gasteiger partial charge on any atom is 0.241 e. The Morgan fingerprint density at radius 3 is 2.88 bits per heavy atom. The van der Waals surface area contributed by atoms with Crippen LogP contribution in [-0.4, -0.2) is 49.4 Å². The number of hydrogen-bond donors (Lipinski definition) is 3. The Morgan fingerprint density at radius 1 is 1.38 bits per heavy atom. The second-order valence-corrected chi connectivity index (χ2v) is 3.39. The van der Waals surface area contributed by atoms with E-state index in [0.717, 1.165) is 25.2 Å². The average Bonchev–Trinajstić information content (AvgIpc) is 2.89. The summed E-state index contributed by atoms with van der Waals surface area (Å²) in [5, 5.41) is 20.0. The topological polar surface area (TPSA) is 125 Å². The van der Waals surface area contributed by atoms with Crippen LogP contribution < -0.4 is 10.6 Å². The summed E-state index contributed by atoms with van der Waals surface area (Å²) in [5.41, 5.74) is 5.41. The van der Waals surface area contributed by atoms with Gasteiger partial charge in [0.05, 0.1) is 0 Å². The van der Waals surface area contributed by atoms with Crippen molar-refractivity contribution in [3.05, 3.63) is 5.82 Å². The summed E-state index contributed by atoms with van der Waals surface area (Å²) in [5.74, 6) is 1.69. The molecule has 2 heterocycles. The maximum absolute atomic E-state index is 5.41. The first kappa shape index (κ1) is 10.3. The van der Waals surface area contributed by atoms with Gasteiger partial charge in [-0.15, -0.1) is 10.2 Å². The molecule has 2 rings (SSSR count). The van der Waals surface area contributed by atoms with Gasteiger partial charge >= 0.3 is 0 Å². The molecule has 86 valence electrons. The molecule has 16 heavy (non-hydrogen) atoms. The molecule has 0 atom stereocenters. The molecular formula is C7H13N9. The molecule has 0 aliphatic heterocycles. The van der Waals surface area contributed by atoms with Crippen LogP contribution in [0.4, 0.5) is 11.9 Å². The molecule has 9 nitrogen and oxygen atoms in total. The predicted octanol–water partition coefficient (Wildman–Crippen LogP) is -1.03. The minimum absolute atomic E-state index is 0.251. The Hall–Kier alpha value is -2.19. The number of rotatable bonds is 5. The molecule has 0 saturated heterocycles. The molecule has 0 spiro atoms. The Labute approximate surface area is 91.4 Å². The van der Waals surface area contributed by atoms with Crippen LogP contribution >= 0.6 is 0 Å². The van der Waals surface area contributed by atoms with E-state index in [1.165, 1.54) is 0 Å². The van der Waals surface area contributed by atoms with Crippen LogP contribution in [0.2, 0.25) is 0 Å². The monoisotopic (exact) mass is 223 g/mol. The number of tetrazole rings is 1. The number of anilines is 2. The third kappa shape index (κ3) is 2.43. The van der Waals surface area contributed by atoms with Gasteiger partial charge in [0.15, 0.2) is 0 Å². The van der Waals surface area contributed by atoms with Gasteiger partial charge < -0.3 is 10.6 Å². The molecule has 0 radical (unpaired) electrons. The largest absolute Gasteiger partial charge is 0.366 e. The first-order chi connectivity index (χ1) is 7.75. The van der Waals surface area contributed by atoms with Crippen LogP contribution in [0.15, 0.2) is 0 Å². The Morgan fingerprint density at radius 2 is 2.25 bits per heavy atom. The van der Waals surface area contributed by atoms with Gasteiger partial charge in [0, 0.05) is 20.0 Å². The summed E-state index contributed by atoms with van der Waals surface area (Å²) in [6, 6.07) is 0. The third-order valence-corrected chi connectivity index (χ3v) is 2.15. The molecule has 0 aliphatic rings. The van der Waals surface area contributed by atoms with E-state index in [1.54, 1.807) is 0 Å². The van der Waals surface area contributed by atoms with E-state index in [2.05, 4.69) is 35.8 Å². The number of nitrogens with one attached hydrogen (secondary N) is 2. The van der Waals surface area contributed by atoms with Crippen molar-refractivity contribution in [3.63, 3.8) is 0 Å². The highest BCUT2D eigenvalue weighted by molar-refractivity contribution is 5.32. The molecule has 0 aromatic carbocycles. The highest BCUT2D eigenvalue weighted by atomic mass is 15.5. The number of H-pyrrole nitrogens is 2. The van der Waals surface area contributed by atoms with Gasteiger partial charge in [-0.2, -0.15) is 4.98 Å². The minimum Gasteiger partial charge on any atom is -0.366 e. The second kappa shape index (κ2) is 4.55. The Kier molecular flexibility index (Phi) is 2.94. The standard InChI is InChI=1S/C7H13N9/c1-16(7-9-6(8)12-13-7)4-2-3-5-10-14-15-11-5/h2-4H2,1H3,(H3,8,9,12,13)(H,10,11,14,15). The second-order valence-electron chi connectivity index (χ2n) is 3.39. The van der Waals surface area contributed by atoms with Crippen molar-refractivity contribution >= 4 is 11.9 Å². The first-order valence-electron chi connectivity index (χ1n) is 4.87. The van der Waals surface area contributed by atoms with Crippen LogP contribution in [0.25, 0.3) is 0 Å². The minimum atomic E-state index is 0.251. The Bertz CT molecular complexity index is 419. The Balaban J connectivity index is 1.78. The molecule has 2 aromatic heterocycles. The van der Waals surface area contributed by atoms with E-state index in [9.17, 15) is 0 Å². The summed E-state index contributed by atoms with van der Waals surface area (Å²) >= 11 is 0. The van der Waals surface area contributed by atoms with E-state index in [0.29, 0.717) is 5.95 Å². The van der Waals surface area contributed by atoms with Crippen molar-refractivity contribution in [2.45, 2.75) is 12.8 Å². The highest BCUT2D eigenvalue weighted by Crippen LogP contribution is 2.06. The summed E-state index contributed by atoms with van der Waals surface area (Å²) in [6.45, 7) is 0.815. The molecule has 2 aromatic rings. The lowest BCUT2D eigenvalue weighted by Gasteiger charge is -2.13. The number of aromatic amines is 2. The molecule has 0 saturated carbocycles. The molecule has 0 aliphatic carbocycles. The molecule has 9 heteroatoms. The molecule has 0 bridgehead atoms.